The number of hydrogen-bond acceptors (Lipinski definition) is 3. The zero-order chi connectivity index (χ0) is 13.0. The average molecular weight is 281 g/mol. The van der Waals surface area contributed by atoms with Crippen molar-refractivity contribution in [2.24, 2.45) is 0 Å². The molecule has 0 bridgehead atoms. The van der Waals surface area contributed by atoms with Gasteiger partial charge in [0.2, 0.25) is 10.0 Å². The molecule has 96 valence electrons. The number of thiophene rings is 1. The number of nitrogens with one attached hydrogen (secondary N) is 1. The maximum Gasteiger partial charge on any atom is 0.240 e. The van der Waals surface area contributed by atoms with Gasteiger partial charge in [-0.1, -0.05) is 24.3 Å². The Morgan fingerprint density at radius 2 is 1.94 bits per heavy atom. The van der Waals surface area contributed by atoms with Gasteiger partial charge in [0.15, 0.2) is 0 Å². The Hall–Kier alpha value is -1.17. The Morgan fingerprint density at radius 1 is 1.17 bits per heavy atom. The summed E-state index contributed by atoms with van der Waals surface area (Å²) in [4.78, 5) is 1.54. The topological polar surface area (TPSA) is 46.2 Å². The minimum atomic E-state index is -3.39. The molecule has 1 N–H and O–H groups in total. The molecule has 0 saturated heterocycles. The first-order valence-corrected chi connectivity index (χ1v) is 8.03. The summed E-state index contributed by atoms with van der Waals surface area (Å²) in [6.07, 6.45) is 0.725. The van der Waals surface area contributed by atoms with Crippen LogP contribution in [0.1, 0.15) is 10.4 Å². The predicted molar refractivity (Wildman–Crippen MR) is 74.4 cm³/mol. The van der Waals surface area contributed by atoms with Crippen LogP contribution < -0.4 is 4.72 Å². The predicted octanol–water partition coefficient (Wildman–Crippen LogP) is 2.58. The van der Waals surface area contributed by atoms with Crippen LogP contribution in [-0.4, -0.2) is 15.0 Å². The second-order valence-electron chi connectivity index (χ2n) is 3.99. The highest BCUT2D eigenvalue weighted by atomic mass is 32.2. The van der Waals surface area contributed by atoms with E-state index in [0.717, 1.165) is 12.0 Å². The van der Waals surface area contributed by atoms with Gasteiger partial charge < -0.3 is 0 Å². The summed E-state index contributed by atoms with van der Waals surface area (Å²) in [7, 11) is -3.39. The molecular formula is C13H15NO2S2. The van der Waals surface area contributed by atoms with Gasteiger partial charge in [-0.15, -0.1) is 11.3 Å². The first-order chi connectivity index (χ1) is 8.59. The molecule has 0 saturated carbocycles. The zero-order valence-electron chi connectivity index (χ0n) is 10.1. The second-order valence-corrected chi connectivity index (χ2v) is 6.76. The Morgan fingerprint density at radius 3 is 2.61 bits per heavy atom. The van der Waals surface area contributed by atoms with Crippen molar-refractivity contribution in [3.05, 3.63) is 52.2 Å². The van der Waals surface area contributed by atoms with Gasteiger partial charge in [0.1, 0.15) is 0 Å². The molecule has 1 heterocycles. The molecule has 0 fully saturated rings. The highest BCUT2D eigenvalue weighted by Gasteiger charge is 2.15. The Bertz CT molecular complexity index is 604. The molecule has 5 heteroatoms. The summed E-state index contributed by atoms with van der Waals surface area (Å²) >= 11 is 1.64. The van der Waals surface area contributed by atoms with Gasteiger partial charge in [-0.05, 0) is 36.4 Å². The van der Waals surface area contributed by atoms with E-state index in [1.165, 1.54) is 4.88 Å². The van der Waals surface area contributed by atoms with E-state index in [4.69, 9.17) is 0 Å². The smallest absolute Gasteiger partial charge is 0.211 e. The quantitative estimate of drug-likeness (QED) is 0.915. The van der Waals surface area contributed by atoms with Crippen LogP contribution in [0.25, 0.3) is 0 Å². The van der Waals surface area contributed by atoms with Crippen molar-refractivity contribution >= 4 is 21.4 Å². The molecule has 0 aliphatic carbocycles. The molecule has 0 radical (unpaired) electrons. The summed E-state index contributed by atoms with van der Waals surface area (Å²) < 4.78 is 26.8. The third-order valence-electron chi connectivity index (χ3n) is 2.63. The van der Waals surface area contributed by atoms with Gasteiger partial charge in [0.05, 0.1) is 4.90 Å². The van der Waals surface area contributed by atoms with Crippen molar-refractivity contribution < 1.29 is 8.42 Å². The van der Waals surface area contributed by atoms with E-state index in [0.29, 0.717) is 11.4 Å². The maximum atomic E-state index is 12.1. The van der Waals surface area contributed by atoms with Crippen molar-refractivity contribution in [3.8, 4) is 0 Å². The van der Waals surface area contributed by atoms with Gasteiger partial charge >= 0.3 is 0 Å². The molecule has 2 rings (SSSR count). The number of aryl methyl sites for hydroxylation is 1. The lowest BCUT2D eigenvalue weighted by Gasteiger charge is -2.08. The van der Waals surface area contributed by atoms with Crippen LogP contribution in [0.4, 0.5) is 0 Å². The standard InChI is InChI=1S/C13H15NO2S2/c1-11-5-2-3-7-13(11)18(15,16)14-9-8-12-6-4-10-17-12/h2-7,10,14H,8-9H2,1H3. The number of sulfonamides is 1. The first-order valence-electron chi connectivity index (χ1n) is 5.67. The lowest BCUT2D eigenvalue weighted by Crippen LogP contribution is -2.26. The highest BCUT2D eigenvalue weighted by molar-refractivity contribution is 7.89. The molecule has 0 spiro atoms. The summed E-state index contributed by atoms with van der Waals surface area (Å²) in [6, 6.07) is 11.0. The minimum absolute atomic E-state index is 0.358. The van der Waals surface area contributed by atoms with Crippen LogP contribution in [0.15, 0.2) is 46.7 Å². The molecule has 0 aliphatic heterocycles. The Labute approximate surface area is 112 Å². The van der Waals surface area contributed by atoms with Crippen LogP contribution in [-0.2, 0) is 16.4 Å². The fourth-order valence-electron chi connectivity index (χ4n) is 1.70. The fourth-order valence-corrected chi connectivity index (χ4v) is 3.68. The van der Waals surface area contributed by atoms with Crippen LogP contribution in [0.3, 0.4) is 0 Å². The van der Waals surface area contributed by atoms with Crippen LogP contribution in [0.5, 0.6) is 0 Å². The fraction of sp³-hybridized carbons (Fsp3) is 0.231. The van der Waals surface area contributed by atoms with Gasteiger partial charge in [0, 0.05) is 11.4 Å². The lowest BCUT2D eigenvalue weighted by molar-refractivity contribution is 0.581. The first kappa shape index (κ1) is 13.3. The van der Waals surface area contributed by atoms with Gasteiger partial charge in [-0.3, -0.25) is 0 Å². The number of rotatable bonds is 5. The summed E-state index contributed by atoms with van der Waals surface area (Å²) in [5.74, 6) is 0. The van der Waals surface area contributed by atoms with Crippen molar-refractivity contribution in [3.63, 3.8) is 0 Å². The van der Waals surface area contributed by atoms with Crippen LogP contribution in [0.2, 0.25) is 0 Å². The SMILES string of the molecule is Cc1ccccc1S(=O)(=O)NCCc1cccs1. The average Bonchev–Trinajstić information content (AvgIpc) is 2.82. The van der Waals surface area contributed by atoms with Crippen molar-refractivity contribution in [1.29, 1.82) is 0 Å². The molecule has 0 amide bonds. The zero-order valence-corrected chi connectivity index (χ0v) is 11.7. The number of benzene rings is 1. The molecule has 0 unspecified atom stereocenters. The van der Waals surface area contributed by atoms with E-state index in [1.54, 1.807) is 36.5 Å². The van der Waals surface area contributed by atoms with E-state index < -0.39 is 10.0 Å². The third kappa shape index (κ3) is 3.19. The van der Waals surface area contributed by atoms with E-state index in [1.807, 2.05) is 23.6 Å². The van der Waals surface area contributed by atoms with Crippen LogP contribution in [0, 0.1) is 6.92 Å². The largest absolute Gasteiger partial charge is 0.240 e. The summed E-state index contributed by atoms with van der Waals surface area (Å²) in [6.45, 7) is 2.23. The number of hydrogen-bond donors (Lipinski definition) is 1. The normalized spacial score (nSPS) is 11.6. The van der Waals surface area contributed by atoms with Gasteiger partial charge in [0.25, 0.3) is 0 Å². The molecule has 0 aliphatic rings. The monoisotopic (exact) mass is 281 g/mol. The summed E-state index contributed by atoms with van der Waals surface area (Å²) in [5, 5.41) is 1.99. The second kappa shape index (κ2) is 5.65. The van der Waals surface area contributed by atoms with E-state index in [-0.39, 0.29) is 0 Å². The molecular weight excluding hydrogens is 266 g/mol. The van der Waals surface area contributed by atoms with E-state index in [9.17, 15) is 8.42 Å². The van der Waals surface area contributed by atoms with E-state index >= 15 is 0 Å². The molecule has 18 heavy (non-hydrogen) atoms. The van der Waals surface area contributed by atoms with Gasteiger partial charge in [-0.25, -0.2) is 13.1 Å². The highest BCUT2D eigenvalue weighted by Crippen LogP contribution is 2.14. The lowest BCUT2D eigenvalue weighted by atomic mass is 10.2. The Balaban J connectivity index is 2.02. The van der Waals surface area contributed by atoms with Crippen LogP contribution >= 0.6 is 11.3 Å². The van der Waals surface area contributed by atoms with Gasteiger partial charge in [-0.2, -0.15) is 0 Å². The molecule has 1 aromatic carbocycles. The Kier molecular flexibility index (Phi) is 4.16. The molecule has 2 aromatic rings. The summed E-state index contributed by atoms with van der Waals surface area (Å²) in [5.41, 5.74) is 0.765. The molecule has 1 aromatic heterocycles. The minimum Gasteiger partial charge on any atom is -0.211 e. The van der Waals surface area contributed by atoms with E-state index in [2.05, 4.69) is 4.72 Å². The third-order valence-corrected chi connectivity index (χ3v) is 5.18. The maximum absolute atomic E-state index is 12.1. The molecule has 0 atom stereocenters. The molecule has 3 nitrogen and oxygen atoms in total. The van der Waals surface area contributed by atoms with Crippen molar-refractivity contribution in [2.75, 3.05) is 6.54 Å². The van der Waals surface area contributed by atoms with Crippen molar-refractivity contribution in [1.82, 2.24) is 4.72 Å². The van der Waals surface area contributed by atoms with Crippen molar-refractivity contribution in [2.45, 2.75) is 18.2 Å².